The monoisotopic (exact) mass is 491 g/mol. The highest BCUT2D eigenvalue weighted by Crippen LogP contribution is 2.21. The molecule has 0 spiro atoms. The van der Waals surface area contributed by atoms with Crippen LogP contribution in [0.5, 0.6) is 0 Å². The molecule has 1 rings (SSSR count). The highest BCUT2D eigenvalue weighted by molar-refractivity contribution is 4.91. The zero-order valence-corrected chi connectivity index (χ0v) is 21.7. The second kappa shape index (κ2) is 20.8. The first-order chi connectivity index (χ1) is 16.5. The van der Waals surface area contributed by atoms with Crippen molar-refractivity contribution in [2.75, 3.05) is 33.5 Å². The summed E-state index contributed by atoms with van der Waals surface area (Å²) < 4.78 is 22.2. The van der Waals surface area contributed by atoms with Gasteiger partial charge in [-0.2, -0.15) is 0 Å². The number of aliphatic hydroxyl groups excluding tert-OH is 3. The zero-order valence-electron chi connectivity index (χ0n) is 21.7. The Balaban J connectivity index is 1.97. The number of methoxy groups -OCH3 is 1. The maximum absolute atomic E-state index is 10.00. The van der Waals surface area contributed by atoms with Gasteiger partial charge >= 0.3 is 0 Å². The van der Waals surface area contributed by atoms with Crippen LogP contribution in [0.15, 0.2) is 0 Å². The van der Waals surface area contributed by atoms with Crippen LogP contribution in [0, 0.1) is 0 Å². The molecule has 34 heavy (non-hydrogen) atoms. The van der Waals surface area contributed by atoms with E-state index >= 15 is 0 Å². The summed E-state index contributed by atoms with van der Waals surface area (Å²) in [4.78, 5) is 0. The van der Waals surface area contributed by atoms with Gasteiger partial charge in [-0.3, -0.25) is 0 Å². The van der Waals surface area contributed by atoms with Gasteiger partial charge in [-0.15, -0.1) is 0 Å². The molecule has 8 heteroatoms. The van der Waals surface area contributed by atoms with Crippen LogP contribution in [0.1, 0.15) is 96.8 Å². The van der Waals surface area contributed by atoms with Gasteiger partial charge in [0.15, 0.2) is 6.29 Å². The van der Waals surface area contributed by atoms with Crippen molar-refractivity contribution >= 4 is 0 Å². The molecule has 0 amide bonds. The first kappa shape index (κ1) is 31.7. The molecule has 204 valence electrons. The van der Waals surface area contributed by atoms with E-state index in [1.165, 1.54) is 83.5 Å². The van der Waals surface area contributed by atoms with Gasteiger partial charge in [0.25, 0.3) is 0 Å². The Hall–Kier alpha value is -0.320. The predicted molar refractivity (Wildman–Crippen MR) is 134 cm³/mol. The second-order valence-electron chi connectivity index (χ2n) is 9.65. The third kappa shape index (κ3) is 13.7. The van der Waals surface area contributed by atoms with E-state index in [0.717, 1.165) is 6.42 Å². The summed E-state index contributed by atoms with van der Waals surface area (Å²) in [6.07, 6.45) is 14.0. The number of ether oxygens (including phenoxy) is 4. The lowest BCUT2D eigenvalue weighted by Crippen LogP contribution is -2.62. The fourth-order valence-corrected chi connectivity index (χ4v) is 4.25. The lowest BCUT2D eigenvalue weighted by molar-refractivity contribution is -0.271. The van der Waals surface area contributed by atoms with E-state index in [0.29, 0.717) is 13.2 Å². The lowest BCUT2D eigenvalue weighted by Gasteiger charge is -2.40. The van der Waals surface area contributed by atoms with E-state index in [9.17, 15) is 15.3 Å². The van der Waals surface area contributed by atoms with Gasteiger partial charge in [0.2, 0.25) is 0 Å². The molecule has 0 radical (unpaired) electrons. The Labute approximate surface area is 207 Å². The minimum atomic E-state index is -1.24. The van der Waals surface area contributed by atoms with E-state index in [1.807, 2.05) is 0 Å². The molecule has 0 aromatic rings. The maximum atomic E-state index is 10.00. The van der Waals surface area contributed by atoms with E-state index in [1.54, 1.807) is 7.11 Å². The molecule has 1 aliphatic heterocycles. The Morgan fingerprint density at radius 3 is 1.82 bits per heavy atom. The van der Waals surface area contributed by atoms with Gasteiger partial charge in [-0.05, 0) is 6.42 Å². The van der Waals surface area contributed by atoms with Crippen LogP contribution in [-0.4, -0.2) is 85.6 Å². The van der Waals surface area contributed by atoms with Crippen molar-refractivity contribution in [1.29, 1.82) is 0 Å². The van der Waals surface area contributed by atoms with E-state index in [4.69, 9.17) is 24.7 Å². The minimum absolute atomic E-state index is 0.175. The van der Waals surface area contributed by atoms with Crippen LogP contribution in [0.25, 0.3) is 0 Å². The Morgan fingerprint density at radius 1 is 0.794 bits per heavy atom. The summed E-state index contributed by atoms with van der Waals surface area (Å²) in [5, 5.41) is 29.1. The quantitative estimate of drug-likeness (QED) is 0.170. The average molecular weight is 492 g/mol. The largest absolute Gasteiger partial charge is 0.394 e. The number of hydrogen-bond donors (Lipinski definition) is 4. The summed E-state index contributed by atoms with van der Waals surface area (Å²) in [7, 11) is 1.58. The lowest BCUT2D eigenvalue weighted by atomic mass is 9.98. The molecule has 1 fully saturated rings. The molecule has 8 nitrogen and oxygen atoms in total. The predicted octanol–water partition coefficient (Wildman–Crippen LogP) is 3.28. The summed E-state index contributed by atoms with van der Waals surface area (Å²) in [5.41, 5.74) is 5.88. The summed E-state index contributed by atoms with van der Waals surface area (Å²) in [5.74, 6) is 0. The highest BCUT2D eigenvalue weighted by Gasteiger charge is 2.43. The first-order valence-corrected chi connectivity index (χ1v) is 13.6. The number of nitrogens with two attached hydrogens (primary N) is 1. The van der Waals surface area contributed by atoms with E-state index < -0.39 is 37.3 Å². The third-order valence-corrected chi connectivity index (χ3v) is 6.65. The van der Waals surface area contributed by atoms with Crippen molar-refractivity contribution in [2.45, 2.75) is 134 Å². The van der Waals surface area contributed by atoms with Gasteiger partial charge in [-0.25, -0.2) is 0 Å². The molecule has 1 aliphatic rings. The highest BCUT2D eigenvalue weighted by atomic mass is 16.7. The van der Waals surface area contributed by atoms with Crippen LogP contribution < -0.4 is 5.73 Å². The van der Waals surface area contributed by atoms with Crippen molar-refractivity contribution in [3.63, 3.8) is 0 Å². The Kier molecular flexibility index (Phi) is 19.4. The molecule has 0 aliphatic carbocycles. The Bertz CT molecular complexity index is 455. The maximum Gasteiger partial charge on any atom is 0.175 e. The van der Waals surface area contributed by atoms with E-state index in [2.05, 4.69) is 6.92 Å². The second-order valence-corrected chi connectivity index (χ2v) is 9.65. The fourth-order valence-electron chi connectivity index (χ4n) is 4.25. The van der Waals surface area contributed by atoms with Gasteiger partial charge < -0.3 is 40.0 Å². The molecule has 6 atom stereocenters. The molecule has 0 aromatic heterocycles. The summed E-state index contributed by atoms with van der Waals surface area (Å²) in [6, 6.07) is -0.910. The van der Waals surface area contributed by atoms with Crippen LogP contribution in [0.2, 0.25) is 0 Å². The topological polar surface area (TPSA) is 124 Å². The number of aliphatic hydroxyl groups is 3. The number of unbranched alkanes of at least 4 members (excludes halogenated alkanes) is 13. The molecule has 1 saturated heterocycles. The smallest absolute Gasteiger partial charge is 0.175 e. The van der Waals surface area contributed by atoms with Crippen LogP contribution in [-0.2, 0) is 18.9 Å². The molecule has 0 saturated carbocycles. The number of rotatable bonds is 22. The van der Waals surface area contributed by atoms with Crippen LogP contribution >= 0.6 is 0 Å². The van der Waals surface area contributed by atoms with Gasteiger partial charge in [-0.1, -0.05) is 90.4 Å². The van der Waals surface area contributed by atoms with Crippen molar-refractivity contribution < 1.29 is 34.3 Å². The molecular weight excluding hydrogens is 438 g/mol. The molecule has 0 bridgehead atoms. The standard InChI is InChI=1S/C26H53NO7/c1-3-4-5-6-7-8-9-10-11-12-13-14-15-16-17-32-19-21(31-2)20-33-26-23(27)25(30)24(29)22(18-28)34-26/h21-26,28-30H,3-20,27H2,1-2H3/t21?,22?,23-,24-,25?,26+/m0/s1. The molecule has 0 aromatic carbocycles. The van der Waals surface area contributed by atoms with Crippen molar-refractivity contribution in [3.05, 3.63) is 0 Å². The normalized spacial score (nSPS) is 26.1. The molecular formula is C26H53NO7. The Morgan fingerprint density at radius 2 is 1.32 bits per heavy atom. The SMILES string of the molecule is CCCCCCCCCCCCCCCCOCC(CO[C@@H]1OC(CO)[C@H](O)C(O)[C@@H]1N)OC. The zero-order chi connectivity index (χ0) is 25.0. The van der Waals surface area contributed by atoms with Gasteiger partial charge in [0, 0.05) is 13.7 Å². The first-order valence-electron chi connectivity index (χ1n) is 13.6. The van der Waals surface area contributed by atoms with Crippen molar-refractivity contribution in [1.82, 2.24) is 0 Å². The minimum Gasteiger partial charge on any atom is -0.394 e. The summed E-state index contributed by atoms with van der Waals surface area (Å²) >= 11 is 0. The van der Waals surface area contributed by atoms with Crippen molar-refractivity contribution in [2.24, 2.45) is 5.73 Å². The van der Waals surface area contributed by atoms with Gasteiger partial charge in [0.05, 0.1) is 25.9 Å². The average Bonchev–Trinajstić information content (AvgIpc) is 2.85. The third-order valence-electron chi connectivity index (χ3n) is 6.65. The number of hydrogen-bond acceptors (Lipinski definition) is 8. The fraction of sp³-hybridized carbons (Fsp3) is 1.00. The van der Waals surface area contributed by atoms with Crippen LogP contribution in [0.3, 0.4) is 0 Å². The molecule has 5 N–H and O–H groups in total. The molecule has 1 heterocycles. The van der Waals surface area contributed by atoms with Crippen LogP contribution in [0.4, 0.5) is 0 Å². The summed E-state index contributed by atoms with van der Waals surface area (Å²) in [6.45, 7) is 3.10. The molecule has 3 unspecified atom stereocenters. The van der Waals surface area contributed by atoms with E-state index in [-0.39, 0.29) is 12.7 Å². The van der Waals surface area contributed by atoms with Crippen molar-refractivity contribution in [3.8, 4) is 0 Å². The van der Waals surface area contributed by atoms with Gasteiger partial charge in [0.1, 0.15) is 24.4 Å².